The normalized spacial score (nSPS) is 13.5. The van der Waals surface area contributed by atoms with Crippen LogP contribution in [-0.4, -0.2) is 44.5 Å². The van der Waals surface area contributed by atoms with Gasteiger partial charge in [0.05, 0.1) is 28.6 Å². The monoisotopic (exact) mass is 583 g/mol. The first-order chi connectivity index (χ1) is 20.2. The Labute approximate surface area is 243 Å². The van der Waals surface area contributed by atoms with Gasteiger partial charge in [0.25, 0.3) is 17.7 Å². The van der Waals surface area contributed by atoms with Crippen LogP contribution in [0.1, 0.15) is 57.3 Å². The highest BCUT2D eigenvalue weighted by Crippen LogP contribution is 2.35. The van der Waals surface area contributed by atoms with Crippen LogP contribution >= 0.6 is 0 Å². The summed E-state index contributed by atoms with van der Waals surface area (Å²) in [5.41, 5.74) is 2.45. The molecule has 1 aliphatic rings. The number of hydrogen-bond donors (Lipinski definition) is 3. The van der Waals surface area contributed by atoms with Crippen LogP contribution < -0.4 is 15.4 Å². The number of hydrogen-bond acceptors (Lipinski definition) is 6. The van der Waals surface area contributed by atoms with E-state index in [0.29, 0.717) is 34.9 Å². The molecule has 3 N–H and O–H groups in total. The molecule has 1 atom stereocenters. The van der Waals surface area contributed by atoms with E-state index in [4.69, 9.17) is 0 Å². The Kier molecular flexibility index (Phi) is 8.28. The Morgan fingerprint density at radius 2 is 1.50 bits per heavy atom. The number of amides is 3. The Balaban J connectivity index is 1.34. The lowest BCUT2D eigenvalue weighted by atomic mass is 9.91. The van der Waals surface area contributed by atoms with Gasteiger partial charge in [0.1, 0.15) is 0 Å². The average Bonchev–Trinajstić information content (AvgIpc) is 3.30. The zero-order chi connectivity index (χ0) is 29.9. The number of imide groups is 1. The Bertz CT molecular complexity index is 1800. The number of carbonyl (C=O) groups is 4. The third kappa shape index (κ3) is 5.86. The molecule has 0 spiro atoms. The first-order valence-corrected chi connectivity index (χ1v) is 15.1. The lowest BCUT2D eigenvalue weighted by Gasteiger charge is -2.18. The summed E-state index contributed by atoms with van der Waals surface area (Å²) in [6.45, 7) is 1.51. The fraction of sp³-hybridized carbons (Fsp3) is 0.188. The van der Waals surface area contributed by atoms with Crippen molar-refractivity contribution in [2.75, 3.05) is 6.54 Å². The number of sulfonamides is 1. The number of fused-ring (bicyclic) bond motifs is 3. The Morgan fingerprint density at radius 1 is 0.833 bits per heavy atom. The van der Waals surface area contributed by atoms with E-state index in [0.717, 1.165) is 22.9 Å². The molecule has 214 valence electrons. The number of unbranched alkanes of at least 4 members (excludes halogenated alkanes) is 1. The molecule has 0 saturated heterocycles. The van der Waals surface area contributed by atoms with E-state index in [1.165, 1.54) is 12.1 Å². The van der Waals surface area contributed by atoms with E-state index in [9.17, 15) is 27.6 Å². The summed E-state index contributed by atoms with van der Waals surface area (Å²) in [4.78, 5) is 51.0. The average molecular weight is 584 g/mol. The molecule has 4 aromatic rings. The van der Waals surface area contributed by atoms with E-state index in [-0.39, 0.29) is 4.90 Å². The molecule has 1 aliphatic heterocycles. The summed E-state index contributed by atoms with van der Waals surface area (Å²) in [5, 5.41) is 6.57. The minimum absolute atomic E-state index is 0.0513. The van der Waals surface area contributed by atoms with Crippen LogP contribution in [0.25, 0.3) is 21.9 Å². The number of ketones is 1. The zero-order valence-electron chi connectivity index (χ0n) is 22.8. The van der Waals surface area contributed by atoms with E-state index in [2.05, 4.69) is 15.4 Å². The highest BCUT2D eigenvalue weighted by atomic mass is 32.2. The zero-order valence-corrected chi connectivity index (χ0v) is 23.7. The molecule has 0 aromatic heterocycles. The van der Waals surface area contributed by atoms with Gasteiger partial charge >= 0.3 is 0 Å². The van der Waals surface area contributed by atoms with Crippen LogP contribution in [0.5, 0.6) is 0 Å². The van der Waals surface area contributed by atoms with Crippen molar-refractivity contribution in [3.63, 3.8) is 0 Å². The van der Waals surface area contributed by atoms with Crippen LogP contribution in [0.2, 0.25) is 0 Å². The molecule has 1 unspecified atom stereocenters. The van der Waals surface area contributed by atoms with E-state index in [1.807, 2.05) is 19.1 Å². The molecular formula is C32H29N3O6S. The summed E-state index contributed by atoms with van der Waals surface area (Å²) in [5.74, 6) is -1.78. The van der Waals surface area contributed by atoms with Crippen LogP contribution in [-0.2, 0) is 14.8 Å². The van der Waals surface area contributed by atoms with Gasteiger partial charge in [-0.05, 0) is 58.7 Å². The van der Waals surface area contributed by atoms with Crippen LogP contribution in [0.4, 0.5) is 0 Å². The first kappa shape index (κ1) is 28.8. The quantitative estimate of drug-likeness (QED) is 0.226. The molecule has 0 fully saturated rings. The van der Waals surface area contributed by atoms with Crippen molar-refractivity contribution in [3.8, 4) is 11.1 Å². The lowest BCUT2D eigenvalue weighted by molar-refractivity contribution is -0.120. The second-order valence-corrected chi connectivity index (χ2v) is 11.8. The number of benzene rings is 4. The van der Waals surface area contributed by atoms with Crippen molar-refractivity contribution in [2.45, 2.75) is 37.1 Å². The highest BCUT2D eigenvalue weighted by molar-refractivity contribution is 7.89. The predicted molar refractivity (Wildman–Crippen MR) is 159 cm³/mol. The summed E-state index contributed by atoms with van der Waals surface area (Å²) in [6.07, 6.45) is 1.83. The Morgan fingerprint density at radius 3 is 2.19 bits per heavy atom. The maximum Gasteiger partial charge on any atom is 0.259 e. The van der Waals surface area contributed by atoms with Crippen LogP contribution in [0, 0.1) is 0 Å². The van der Waals surface area contributed by atoms with Gasteiger partial charge in [0, 0.05) is 5.56 Å². The third-order valence-corrected chi connectivity index (χ3v) is 8.65. The smallest absolute Gasteiger partial charge is 0.259 e. The SMILES string of the molecule is CCCCC(NC(=O)c1ccc(-c2cc3c(c4ccccc24)C(=O)NC3=O)cc1)C(=O)CNS(=O)(=O)c1ccccc1. The summed E-state index contributed by atoms with van der Waals surface area (Å²) >= 11 is 0. The van der Waals surface area contributed by atoms with Crippen molar-refractivity contribution in [1.29, 1.82) is 0 Å². The second-order valence-electron chi connectivity index (χ2n) is 10.0. The van der Waals surface area contributed by atoms with Gasteiger partial charge in [-0.1, -0.05) is 74.4 Å². The predicted octanol–water partition coefficient (Wildman–Crippen LogP) is 4.23. The number of rotatable bonds is 11. The molecular weight excluding hydrogens is 554 g/mol. The maximum atomic E-state index is 13.1. The molecule has 42 heavy (non-hydrogen) atoms. The maximum absolute atomic E-state index is 13.1. The summed E-state index contributed by atoms with van der Waals surface area (Å²) in [7, 11) is -3.87. The van der Waals surface area contributed by atoms with Crippen molar-refractivity contribution in [2.24, 2.45) is 0 Å². The fourth-order valence-electron chi connectivity index (χ4n) is 5.01. The highest BCUT2D eigenvalue weighted by Gasteiger charge is 2.30. The largest absolute Gasteiger partial charge is 0.342 e. The fourth-order valence-corrected chi connectivity index (χ4v) is 6.02. The second kappa shape index (κ2) is 12.1. The molecule has 4 aromatic carbocycles. The van der Waals surface area contributed by atoms with Gasteiger partial charge in [-0.25, -0.2) is 13.1 Å². The topological polar surface area (TPSA) is 139 Å². The van der Waals surface area contributed by atoms with Crippen LogP contribution in [0.15, 0.2) is 89.8 Å². The molecule has 10 heteroatoms. The van der Waals surface area contributed by atoms with Crippen LogP contribution in [0.3, 0.4) is 0 Å². The van der Waals surface area contributed by atoms with Crippen molar-refractivity contribution in [3.05, 3.63) is 102 Å². The first-order valence-electron chi connectivity index (χ1n) is 13.6. The standard InChI is InChI=1S/C32H29N3O6S/c1-2-3-13-27(28(36)19-33-42(40,41)22-9-5-4-6-10-22)34-30(37)21-16-14-20(15-17-21)25-18-26-29(32(39)35-31(26)38)24-12-8-7-11-23(24)25/h4-12,14-18,27,33H,2-3,13,19H2,1H3,(H,34,37)(H,35,38,39). The molecule has 0 bridgehead atoms. The molecule has 5 rings (SSSR count). The van der Waals surface area contributed by atoms with Crippen molar-refractivity contribution in [1.82, 2.24) is 15.4 Å². The van der Waals surface area contributed by atoms with Gasteiger partial charge in [0.2, 0.25) is 10.0 Å². The molecule has 0 saturated carbocycles. The number of carbonyl (C=O) groups excluding carboxylic acids is 4. The van der Waals surface area contributed by atoms with E-state index < -0.39 is 46.1 Å². The summed E-state index contributed by atoms with van der Waals surface area (Å²) in [6, 6.07) is 22.6. The minimum Gasteiger partial charge on any atom is -0.342 e. The van der Waals surface area contributed by atoms with Gasteiger partial charge in [-0.15, -0.1) is 0 Å². The molecule has 9 nitrogen and oxygen atoms in total. The summed E-state index contributed by atoms with van der Waals surface area (Å²) < 4.78 is 27.4. The molecule has 0 radical (unpaired) electrons. The lowest BCUT2D eigenvalue weighted by Crippen LogP contribution is -2.45. The van der Waals surface area contributed by atoms with Gasteiger partial charge < -0.3 is 5.32 Å². The van der Waals surface area contributed by atoms with Gasteiger partial charge in [-0.3, -0.25) is 24.5 Å². The number of Topliss-reactive ketones (excluding diaryl/α,β-unsaturated/α-hetero) is 1. The van der Waals surface area contributed by atoms with Crippen molar-refractivity contribution >= 4 is 44.3 Å². The number of nitrogens with one attached hydrogen (secondary N) is 3. The minimum atomic E-state index is -3.87. The van der Waals surface area contributed by atoms with Crippen molar-refractivity contribution < 1.29 is 27.6 Å². The van der Waals surface area contributed by atoms with Gasteiger partial charge in [-0.2, -0.15) is 0 Å². The Hall–Kier alpha value is -4.67. The van der Waals surface area contributed by atoms with E-state index in [1.54, 1.807) is 60.7 Å². The third-order valence-electron chi connectivity index (χ3n) is 7.23. The molecule has 3 amide bonds. The van der Waals surface area contributed by atoms with E-state index >= 15 is 0 Å². The molecule has 0 aliphatic carbocycles. The molecule has 1 heterocycles. The van der Waals surface area contributed by atoms with Gasteiger partial charge in [0.15, 0.2) is 5.78 Å².